The number of carbonyl (C=O) groups is 1. The first-order valence-electron chi connectivity index (χ1n) is 10.2. The number of amides is 1. The second kappa shape index (κ2) is 9.52. The number of sulfone groups is 1. The molecule has 3 aromatic rings. The van der Waals surface area contributed by atoms with Crippen LogP contribution >= 0.6 is 0 Å². The zero-order valence-electron chi connectivity index (χ0n) is 18.5. The van der Waals surface area contributed by atoms with E-state index in [1.807, 2.05) is 49.4 Å². The summed E-state index contributed by atoms with van der Waals surface area (Å²) < 4.78 is 36.4. The van der Waals surface area contributed by atoms with Crippen LogP contribution in [0.2, 0.25) is 0 Å². The van der Waals surface area contributed by atoms with Gasteiger partial charge in [-0.1, -0.05) is 65.3 Å². The maximum atomic E-state index is 12.8. The molecule has 0 spiro atoms. The lowest BCUT2D eigenvalue weighted by atomic mass is 10.1. The molecule has 0 bridgehead atoms. The van der Waals surface area contributed by atoms with Crippen molar-refractivity contribution >= 4 is 15.9 Å². The Balaban J connectivity index is 1.83. The first-order valence-corrected chi connectivity index (χ1v) is 11.8. The van der Waals surface area contributed by atoms with Gasteiger partial charge in [0.2, 0.25) is 15.7 Å². The molecule has 170 valence electrons. The van der Waals surface area contributed by atoms with Gasteiger partial charge in [0.1, 0.15) is 11.6 Å². The molecule has 2 aromatic carbocycles. The number of nitrogens with zero attached hydrogens (tertiary/aromatic N) is 2. The summed E-state index contributed by atoms with van der Waals surface area (Å²) in [6.07, 6.45) is -0.347. The summed E-state index contributed by atoms with van der Waals surface area (Å²) in [6, 6.07) is 15.8. The maximum Gasteiger partial charge on any atom is 0.408 e. The molecule has 1 amide bonds. The minimum Gasteiger partial charge on any atom is -0.444 e. The van der Waals surface area contributed by atoms with Crippen molar-refractivity contribution in [3.8, 4) is 0 Å². The standard InChI is InChI=1S/C23H27N3O5S/c1-16-10-12-18(13-11-16)15-32(28,29)22-26-25-20(30-22)19(14-17-8-6-5-7-9-17)24-21(27)31-23(2,3)4/h5-13,19H,14-15H2,1-4H3,(H,24,27)/t19-/m0/s1. The molecule has 3 rings (SSSR count). The number of carbonyl (C=O) groups excluding carboxylic acids is 1. The number of nitrogens with one attached hydrogen (secondary N) is 1. The van der Waals surface area contributed by atoms with Crippen LogP contribution in [-0.4, -0.2) is 30.3 Å². The van der Waals surface area contributed by atoms with E-state index < -0.39 is 32.8 Å². The van der Waals surface area contributed by atoms with Crippen molar-refractivity contribution in [2.45, 2.75) is 56.7 Å². The van der Waals surface area contributed by atoms with Crippen LogP contribution in [0.5, 0.6) is 0 Å². The number of aromatic nitrogens is 2. The second-order valence-electron chi connectivity index (χ2n) is 8.54. The SMILES string of the molecule is Cc1ccc(CS(=O)(=O)c2nnc([C@H](Cc3ccccc3)NC(=O)OC(C)(C)C)o2)cc1. The smallest absolute Gasteiger partial charge is 0.408 e. The van der Waals surface area contributed by atoms with Gasteiger partial charge < -0.3 is 14.5 Å². The van der Waals surface area contributed by atoms with E-state index in [4.69, 9.17) is 9.15 Å². The summed E-state index contributed by atoms with van der Waals surface area (Å²) in [5.41, 5.74) is 1.85. The fourth-order valence-corrected chi connectivity index (χ4v) is 4.08. The molecular formula is C23H27N3O5S. The lowest BCUT2D eigenvalue weighted by Gasteiger charge is -2.22. The summed E-state index contributed by atoms with van der Waals surface area (Å²) >= 11 is 0. The van der Waals surface area contributed by atoms with Crippen LogP contribution in [0.25, 0.3) is 0 Å². The molecule has 0 fully saturated rings. The number of benzene rings is 2. The highest BCUT2D eigenvalue weighted by Gasteiger charge is 2.28. The fraction of sp³-hybridized carbons (Fsp3) is 0.348. The number of aryl methyl sites for hydroxylation is 1. The Morgan fingerprint density at radius 1 is 1.03 bits per heavy atom. The Bertz CT molecular complexity index is 1150. The fourth-order valence-electron chi connectivity index (χ4n) is 2.95. The van der Waals surface area contributed by atoms with Crippen molar-refractivity contribution in [2.24, 2.45) is 0 Å². The van der Waals surface area contributed by atoms with Gasteiger partial charge in [0.25, 0.3) is 0 Å². The van der Waals surface area contributed by atoms with Gasteiger partial charge in [0.05, 0.1) is 5.75 Å². The molecule has 32 heavy (non-hydrogen) atoms. The predicted molar refractivity (Wildman–Crippen MR) is 119 cm³/mol. The van der Waals surface area contributed by atoms with E-state index in [0.29, 0.717) is 12.0 Å². The van der Waals surface area contributed by atoms with Gasteiger partial charge >= 0.3 is 11.3 Å². The summed E-state index contributed by atoms with van der Waals surface area (Å²) in [4.78, 5) is 12.4. The van der Waals surface area contributed by atoms with Gasteiger partial charge in [-0.3, -0.25) is 0 Å². The van der Waals surface area contributed by atoms with E-state index in [2.05, 4.69) is 15.5 Å². The molecule has 1 atom stereocenters. The lowest BCUT2D eigenvalue weighted by Crippen LogP contribution is -2.36. The number of alkyl carbamates (subject to hydrolysis) is 1. The highest BCUT2D eigenvalue weighted by Crippen LogP contribution is 2.22. The quantitative estimate of drug-likeness (QED) is 0.567. The molecule has 0 unspecified atom stereocenters. The number of hydrogen-bond donors (Lipinski definition) is 1. The van der Waals surface area contributed by atoms with Crippen molar-refractivity contribution in [3.05, 3.63) is 77.2 Å². The minimum absolute atomic E-state index is 0.0119. The average molecular weight is 458 g/mol. The van der Waals surface area contributed by atoms with Gasteiger partial charge in [-0.15, -0.1) is 5.10 Å². The van der Waals surface area contributed by atoms with Crippen molar-refractivity contribution in [1.29, 1.82) is 0 Å². The Hall–Kier alpha value is -3.20. The highest BCUT2D eigenvalue weighted by atomic mass is 32.2. The Morgan fingerprint density at radius 2 is 1.69 bits per heavy atom. The van der Waals surface area contributed by atoms with E-state index in [0.717, 1.165) is 11.1 Å². The molecule has 0 saturated heterocycles. The molecule has 0 aliphatic carbocycles. The van der Waals surface area contributed by atoms with Gasteiger partial charge in [0, 0.05) is 6.42 Å². The molecule has 1 aromatic heterocycles. The molecule has 0 saturated carbocycles. The number of ether oxygens (including phenoxy) is 1. The van der Waals surface area contributed by atoms with E-state index >= 15 is 0 Å². The molecule has 8 nitrogen and oxygen atoms in total. The summed E-state index contributed by atoms with van der Waals surface area (Å²) in [7, 11) is -3.85. The lowest BCUT2D eigenvalue weighted by molar-refractivity contribution is 0.0494. The van der Waals surface area contributed by atoms with Crippen molar-refractivity contribution in [2.75, 3.05) is 0 Å². The van der Waals surface area contributed by atoms with Gasteiger partial charge in [-0.2, -0.15) is 0 Å². The van der Waals surface area contributed by atoms with E-state index in [1.165, 1.54) is 0 Å². The number of hydrogen-bond acceptors (Lipinski definition) is 7. The second-order valence-corrected chi connectivity index (χ2v) is 10.4. The topological polar surface area (TPSA) is 111 Å². The third kappa shape index (κ3) is 6.65. The zero-order valence-corrected chi connectivity index (χ0v) is 19.3. The third-order valence-electron chi connectivity index (χ3n) is 4.44. The molecular weight excluding hydrogens is 430 g/mol. The number of rotatable bonds is 7. The van der Waals surface area contributed by atoms with E-state index in [9.17, 15) is 13.2 Å². The van der Waals surface area contributed by atoms with Crippen LogP contribution in [0.15, 0.2) is 64.2 Å². The zero-order chi connectivity index (χ0) is 23.4. The Morgan fingerprint density at radius 3 is 2.31 bits per heavy atom. The van der Waals surface area contributed by atoms with E-state index in [-0.39, 0.29) is 11.6 Å². The van der Waals surface area contributed by atoms with Gasteiger partial charge in [0.15, 0.2) is 0 Å². The van der Waals surface area contributed by atoms with Crippen LogP contribution < -0.4 is 5.32 Å². The normalized spacial score (nSPS) is 12.9. The van der Waals surface area contributed by atoms with Crippen molar-refractivity contribution in [3.63, 3.8) is 0 Å². The minimum atomic E-state index is -3.85. The van der Waals surface area contributed by atoms with Crippen LogP contribution in [0.3, 0.4) is 0 Å². The molecule has 9 heteroatoms. The summed E-state index contributed by atoms with van der Waals surface area (Å²) in [6.45, 7) is 7.18. The van der Waals surface area contributed by atoms with Crippen molar-refractivity contribution in [1.82, 2.24) is 15.5 Å². The monoisotopic (exact) mass is 457 g/mol. The van der Waals surface area contributed by atoms with Crippen LogP contribution in [0, 0.1) is 6.92 Å². The van der Waals surface area contributed by atoms with Crippen LogP contribution in [0.4, 0.5) is 4.79 Å². The maximum absolute atomic E-state index is 12.8. The molecule has 0 aliphatic rings. The molecule has 1 heterocycles. The molecule has 0 radical (unpaired) electrons. The van der Waals surface area contributed by atoms with Crippen LogP contribution in [0.1, 0.15) is 49.4 Å². The van der Waals surface area contributed by atoms with Gasteiger partial charge in [-0.05, 0) is 38.8 Å². The molecule has 1 N–H and O–H groups in total. The summed E-state index contributed by atoms with van der Waals surface area (Å²) in [5, 5.41) is 9.89. The van der Waals surface area contributed by atoms with Gasteiger partial charge in [-0.25, -0.2) is 13.2 Å². The Kier molecular flexibility index (Phi) is 6.98. The average Bonchev–Trinajstić information content (AvgIpc) is 3.20. The first kappa shape index (κ1) is 23.5. The predicted octanol–water partition coefficient (Wildman–Crippen LogP) is 4.16. The highest BCUT2D eigenvalue weighted by molar-refractivity contribution is 7.90. The van der Waals surface area contributed by atoms with Crippen LogP contribution in [-0.2, 0) is 26.7 Å². The largest absolute Gasteiger partial charge is 0.444 e. The summed E-state index contributed by atoms with van der Waals surface area (Å²) in [5.74, 6) is -0.278. The van der Waals surface area contributed by atoms with Crippen molar-refractivity contribution < 1.29 is 22.4 Å². The van der Waals surface area contributed by atoms with E-state index in [1.54, 1.807) is 32.9 Å². The Labute approximate surface area is 187 Å². The first-order chi connectivity index (χ1) is 15.0. The third-order valence-corrected chi connectivity index (χ3v) is 5.85. The molecule has 0 aliphatic heterocycles.